The summed E-state index contributed by atoms with van der Waals surface area (Å²) < 4.78 is 48.6. The standard InChI is InChI=1S/C20H21F3N2O3/c21-20(22,23)16-2-1-3-18(14-16)28-11-8-24-19(26)15-4-6-17(7-5-15)25-9-12-27-13-10-25/h1-7,14H,8-13H2,(H,24,26). The number of rotatable bonds is 6. The van der Waals surface area contributed by atoms with Crippen LogP contribution in [0.3, 0.4) is 0 Å². The number of nitrogens with zero attached hydrogens (tertiary/aromatic N) is 1. The van der Waals surface area contributed by atoms with Gasteiger partial charge in [0.25, 0.3) is 5.91 Å². The average Bonchev–Trinajstić information content (AvgIpc) is 2.71. The number of nitrogens with one attached hydrogen (secondary N) is 1. The molecule has 1 heterocycles. The second kappa shape index (κ2) is 8.97. The van der Waals surface area contributed by atoms with Crippen LogP contribution in [0.15, 0.2) is 48.5 Å². The average molecular weight is 394 g/mol. The van der Waals surface area contributed by atoms with Crippen molar-refractivity contribution in [2.75, 3.05) is 44.4 Å². The summed E-state index contributed by atoms with van der Waals surface area (Å²) >= 11 is 0. The second-order valence-corrected chi connectivity index (χ2v) is 6.28. The van der Waals surface area contributed by atoms with Crippen molar-refractivity contribution in [3.63, 3.8) is 0 Å². The summed E-state index contributed by atoms with van der Waals surface area (Å²) in [6.07, 6.45) is -4.42. The van der Waals surface area contributed by atoms with E-state index in [1.807, 2.05) is 12.1 Å². The number of carbonyl (C=O) groups excluding carboxylic acids is 1. The minimum Gasteiger partial charge on any atom is -0.492 e. The van der Waals surface area contributed by atoms with E-state index in [0.29, 0.717) is 18.8 Å². The van der Waals surface area contributed by atoms with Crippen molar-refractivity contribution in [3.8, 4) is 5.75 Å². The SMILES string of the molecule is O=C(NCCOc1cccc(C(F)(F)F)c1)c1ccc(N2CCOCC2)cc1. The lowest BCUT2D eigenvalue weighted by atomic mass is 10.1. The summed E-state index contributed by atoms with van der Waals surface area (Å²) in [5.74, 6) is -0.153. The minimum absolute atomic E-state index is 0.0684. The lowest BCUT2D eigenvalue weighted by Gasteiger charge is -2.28. The predicted octanol–water partition coefficient (Wildman–Crippen LogP) is 3.35. The molecule has 2 aromatic rings. The van der Waals surface area contributed by atoms with E-state index >= 15 is 0 Å². The Hall–Kier alpha value is -2.74. The van der Waals surface area contributed by atoms with Gasteiger partial charge in [-0.15, -0.1) is 0 Å². The molecule has 0 aliphatic carbocycles. The van der Waals surface area contributed by atoms with Crippen LogP contribution in [0, 0.1) is 0 Å². The Morgan fingerprint density at radius 3 is 2.50 bits per heavy atom. The molecule has 0 radical (unpaired) electrons. The van der Waals surface area contributed by atoms with E-state index in [2.05, 4.69) is 10.2 Å². The molecule has 2 aromatic carbocycles. The summed E-state index contributed by atoms with van der Waals surface area (Å²) in [5, 5.41) is 2.69. The number of halogens is 3. The minimum atomic E-state index is -4.42. The van der Waals surface area contributed by atoms with Crippen LogP contribution in [0.5, 0.6) is 5.75 Å². The fourth-order valence-corrected chi connectivity index (χ4v) is 2.84. The summed E-state index contributed by atoms with van der Waals surface area (Å²) in [6.45, 7) is 3.26. The monoisotopic (exact) mass is 394 g/mol. The maximum absolute atomic E-state index is 12.7. The van der Waals surface area contributed by atoms with Gasteiger partial charge in [-0.3, -0.25) is 4.79 Å². The highest BCUT2D eigenvalue weighted by Gasteiger charge is 2.30. The van der Waals surface area contributed by atoms with Gasteiger partial charge < -0.3 is 19.7 Å². The molecule has 0 saturated carbocycles. The molecule has 1 aliphatic rings. The van der Waals surface area contributed by atoms with Gasteiger partial charge in [-0.2, -0.15) is 13.2 Å². The Labute approximate surface area is 161 Å². The molecular weight excluding hydrogens is 373 g/mol. The summed E-state index contributed by atoms with van der Waals surface area (Å²) in [6, 6.07) is 11.9. The highest BCUT2D eigenvalue weighted by Crippen LogP contribution is 2.31. The van der Waals surface area contributed by atoms with Crippen molar-refractivity contribution in [2.45, 2.75) is 6.18 Å². The van der Waals surface area contributed by atoms with Crippen molar-refractivity contribution in [2.24, 2.45) is 0 Å². The highest BCUT2D eigenvalue weighted by molar-refractivity contribution is 5.94. The lowest BCUT2D eigenvalue weighted by molar-refractivity contribution is -0.137. The molecular formula is C20H21F3N2O3. The van der Waals surface area contributed by atoms with Gasteiger partial charge in [0.1, 0.15) is 12.4 Å². The zero-order chi connectivity index (χ0) is 20.0. The van der Waals surface area contributed by atoms with Crippen molar-refractivity contribution >= 4 is 11.6 Å². The van der Waals surface area contributed by atoms with Crippen molar-refractivity contribution in [1.82, 2.24) is 5.32 Å². The molecule has 8 heteroatoms. The third-order valence-corrected chi connectivity index (χ3v) is 4.32. The zero-order valence-corrected chi connectivity index (χ0v) is 15.2. The van der Waals surface area contributed by atoms with Crippen molar-refractivity contribution in [1.29, 1.82) is 0 Å². The maximum Gasteiger partial charge on any atom is 0.416 e. The topological polar surface area (TPSA) is 50.8 Å². The predicted molar refractivity (Wildman–Crippen MR) is 98.7 cm³/mol. The van der Waals surface area contributed by atoms with E-state index < -0.39 is 11.7 Å². The molecule has 1 fully saturated rings. The molecule has 1 saturated heterocycles. The first-order chi connectivity index (χ1) is 13.4. The number of hydrogen-bond acceptors (Lipinski definition) is 4. The van der Waals surface area contributed by atoms with Crippen LogP contribution in [0.1, 0.15) is 15.9 Å². The van der Waals surface area contributed by atoms with Gasteiger partial charge in [0.2, 0.25) is 0 Å². The molecule has 0 unspecified atom stereocenters. The Balaban J connectivity index is 1.45. The van der Waals surface area contributed by atoms with E-state index in [9.17, 15) is 18.0 Å². The first kappa shape index (κ1) is 20.0. The van der Waals surface area contributed by atoms with Gasteiger partial charge in [-0.05, 0) is 42.5 Å². The summed E-state index contributed by atoms with van der Waals surface area (Å²) in [5.41, 5.74) is 0.776. The molecule has 0 bridgehead atoms. The van der Waals surface area contributed by atoms with Gasteiger partial charge in [0.05, 0.1) is 25.3 Å². The molecule has 3 rings (SSSR count). The van der Waals surface area contributed by atoms with E-state index in [1.165, 1.54) is 12.1 Å². The van der Waals surface area contributed by atoms with Gasteiger partial charge in [-0.25, -0.2) is 0 Å². The van der Waals surface area contributed by atoms with Crippen LogP contribution in [0.4, 0.5) is 18.9 Å². The number of anilines is 1. The van der Waals surface area contributed by atoms with Crippen LogP contribution in [-0.2, 0) is 10.9 Å². The molecule has 5 nitrogen and oxygen atoms in total. The first-order valence-corrected chi connectivity index (χ1v) is 8.94. The van der Waals surface area contributed by atoms with E-state index in [1.54, 1.807) is 12.1 Å². The van der Waals surface area contributed by atoms with Gasteiger partial charge in [0, 0.05) is 24.3 Å². The van der Waals surface area contributed by atoms with Gasteiger partial charge in [0.15, 0.2) is 0 Å². The van der Waals surface area contributed by atoms with E-state index in [4.69, 9.17) is 9.47 Å². The molecule has 1 aliphatic heterocycles. The molecule has 0 atom stereocenters. The first-order valence-electron chi connectivity index (χ1n) is 8.94. The highest BCUT2D eigenvalue weighted by atomic mass is 19.4. The number of alkyl halides is 3. The second-order valence-electron chi connectivity index (χ2n) is 6.28. The fraction of sp³-hybridized carbons (Fsp3) is 0.350. The molecule has 1 amide bonds. The number of morpholine rings is 1. The normalized spacial score (nSPS) is 14.6. The number of ether oxygens (including phenoxy) is 2. The van der Waals surface area contributed by atoms with E-state index in [-0.39, 0.29) is 24.8 Å². The Kier molecular flexibility index (Phi) is 6.41. The van der Waals surface area contributed by atoms with Crippen molar-refractivity contribution < 1.29 is 27.4 Å². The van der Waals surface area contributed by atoms with Gasteiger partial charge in [-0.1, -0.05) is 6.07 Å². The van der Waals surface area contributed by atoms with Crippen LogP contribution in [0.25, 0.3) is 0 Å². The Morgan fingerprint density at radius 2 is 1.82 bits per heavy atom. The van der Waals surface area contributed by atoms with Crippen molar-refractivity contribution in [3.05, 3.63) is 59.7 Å². The Bertz CT molecular complexity index is 788. The molecule has 0 aromatic heterocycles. The number of amides is 1. The summed E-state index contributed by atoms with van der Waals surface area (Å²) in [4.78, 5) is 14.4. The third-order valence-electron chi connectivity index (χ3n) is 4.32. The van der Waals surface area contributed by atoms with Crippen LogP contribution in [0.2, 0.25) is 0 Å². The lowest BCUT2D eigenvalue weighted by Crippen LogP contribution is -2.36. The Morgan fingerprint density at radius 1 is 1.11 bits per heavy atom. The molecule has 150 valence electrons. The zero-order valence-electron chi connectivity index (χ0n) is 15.2. The largest absolute Gasteiger partial charge is 0.492 e. The van der Waals surface area contributed by atoms with E-state index in [0.717, 1.165) is 30.9 Å². The third kappa shape index (κ3) is 5.39. The molecule has 1 N–H and O–H groups in total. The van der Waals surface area contributed by atoms with Gasteiger partial charge >= 0.3 is 6.18 Å². The van der Waals surface area contributed by atoms with Crippen LogP contribution >= 0.6 is 0 Å². The summed E-state index contributed by atoms with van der Waals surface area (Å²) in [7, 11) is 0. The number of carbonyl (C=O) groups is 1. The maximum atomic E-state index is 12.7. The van der Waals surface area contributed by atoms with Crippen LogP contribution in [-0.4, -0.2) is 45.4 Å². The number of hydrogen-bond donors (Lipinski definition) is 1. The quantitative estimate of drug-likeness (QED) is 0.764. The molecule has 28 heavy (non-hydrogen) atoms. The smallest absolute Gasteiger partial charge is 0.416 e. The van der Waals surface area contributed by atoms with Crippen LogP contribution < -0.4 is 15.0 Å². The fourth-order valence-electron chi connectivity index (χ4n) is 2.84. The molecule has 0 spiro atoms. The number of benzene rings is 2.